The minimum absolute atomic E-state index is 0.440. The molecule has 146 valence electrons. The predicted octanol–water partition coefficient (Wildman–Crippen LogP) is 5.03. The number of nitrogens with zero attached hydrogens (tertiary/aromatic N) is 3. The van der Waals surface area contributed by atoms with Crippen molar-refractivity contribution in [3.05, 3.63) is 88.4 Å². The minimum atomic E-state index is 0.440. The number of hydrogen-bond acceptors (Lipinski definition) is 4. The van der Waals surface area contributed by atoms with Crippen molar-refractivity contribution < 1.29 is 9.33 Å². The lowest BCUT2D eigenvalue weighted by Crippen LogP contribution is -2.58. The molecule has 1 N–H and O–H groups in total. The summed E-state index contributed by atoms with van der Waals surface area (Å²) in [5.74, 6) is 1.47. The van der Waals surface area contributed by atoms with Gasteiger partial charge in [-0.1, -0.05) is 40.2 Å². The van der Waals surface area contributed by atoms with Gasteiger partial charge in [-0.2, -0.15) is 0 Å². The lowest BCUT2D eigenvalue weighted by Gasteiger charge is -2.40. The maximum absolute atomic E-state index is 6.02. The van der Waals surface area contributed by atoms with Gasteiger partial charge in [-0.15, -0.1) is 10.0 Å². The zero-order chi connectivity index (χ0) is 19.7. The van der Waals surface area contributed by atoms with Gasteiger partial charge >= 0.3 is 0 Å². The van der Waals surface area contributed by atoms with Crippen molar-refractivity contribution in [2.24, 2.45) is 9.98 Å². The van der Waals surface area contributed by atoms with Crippen LogP contribution in [0.1, 0.15) is 29.9 Å². The smallest absolute Gasteiger partial charge is 0.219 e. The molecular formula is C23H22BrN4O+. The first-order valence-electron chi connectivity index (χ1n) is 9.80. The molecule has 0 spiro atoms. The Morgan fingerprint density at radius 3 is 2.90 bits per heavy atom. The van der Waals surface area contributed by atoms with Gasteiger partial charge in [0.25, 0.3) is 0 Å². The topological polar surface area (TPSA) is 46.0 Å². The molecule has 5 rings (SSSR count). The molecule has 5 nitrogen and oxygen atoms in total. The largest absolute Gasteiger partial charge is 0.489 e. The van der Waals surface area contributed by atoms with Gasteiger partial charge in [-0.05, 0) is 54.2 Å². The average molecular weight is 450 g/mol. The number of fused-ring (bicyclic) bond motifs is 1. The Bertz CT molecular complexity index is 1040. The Balaban J connectivity index is 1.19. The Labute approximate surface area is 178 Å². The summed E-state index contributed by atoms with van der Waals surface area (Å²) in [6, 6.07) is 17.2. The van der Waals surface area contributed by atoms with E-state index >= 15 is 0 Å². The van der Waals surface area contributed by atoms with Gasteiger partial charge < -0.3 is 4.74 Å². The monoisotopic (exact) mass is 449 g/mol. The first kappa shape index (κ1) is 18.5. The SMILES string of the molecule is Brc1cccc(COc2cccc(C3CC(N[N+]45C=CN=CC4=CN=C5)C3)c2)c1. The molecule has 0 bridgehead atoms. The number of hydrogen-bond donors (Lipinski definition) is 1. The van der Waals surface area contributed by atoms with Crippen LogP contribution in [-0.4, -0.2) is 23.2 Å². The van der Waals surface area contributed by atoms with Gasteiger partial charge in [0.1, 0.15) is 18.6 Å². The molecule has 6 heteroatoms. The molecule has 1 atom stereocenters. The summed E-state index contributed by atoms with van der Waals surface area (Å²) in [5.41, 5.74) is 7.26. The minimum Gasteiger partial charge on any atom is -0.489 e. The molecule has 2 aromatic rings. The third-order valence-corrected chi connectivity index (χ3v) is 6.13. The van der Waals surface area contributed by atoms with Crippen LogP contribution < -0.4 is 10.2 Å². The lowest BCUT2D eigenvalue weighted by atomic mass is 9.76. The molecule has 2 heterocycles. The Kier molecular flexibility index (Phi) is 4.91. The zero-order valence-corrected chi connectivity index (χ0v) is 17.5. The molecule has 0 radical (unpaired) electrons. The highest BCUT2D eigenvalue weighted by Gasteiger charge is 2.41. The maximum Gasteiger partial charge on any atom is 0.219 e. The van der Waals surface area contributed by atoms with Crippen molar-refractivity contribution in [3.63, 3.8) is 0 Å². The number of aliphatic imine (C=N–C) groups is 2. The Morgan fingerprint density at radius 2 is 2.00 bits per heavy atom. The van der Waals surface area contributed by atoms with E-state index in [4.69, 9.17) is 4.74 Å². The van der Waals surface area contributed by atoms with E-state index in [-0.39, 0.29) is 0 Å². The van der Waals surface area contributed by atoms with Crippen LogP contribution in [0.25, 0.3) is 0 Å². The standard InChI is InChI=1S/C23H22BrN4O/c24-20-5-1-3-17(9-20)15-29-23-6-2-4-18(12-23)19-10-21(11-19)27-28-8-7-25-13-22(28)14-26-16-28/h1-9,12-14,16,19,21,27H,10-11,15H2/q+1. The first-order valence-corrected chi connectivity index (χ1v) is 10.6. The van der Waals surface area contributed by atoms with E-state index in [2.05, 4.69) is 61.7 Å². The summed E-state index contributed by atoms with van der Waals surface area (Å²) in [5, 5.41) is 0. The second kappa shape index (κ2) is 7.71. The van der Waals surface area contributed by atoms with E-state index in [9.17, 15) is 0 Å². The van der Waals surface area contributed by atoms with Crippen LogP contribution in [0.2, 0.25) is 0 Å². The number of halogens is 1. The van der Waals surface area contributed by atoms with Gasteiger partial charge in [0.15, 0.2) is 5.70 Å². The number of quaternary nitrogens is 1. The molecule has 2 aromatic carbocycles. The van der Waals surface area contributed by atoms with Gasteiger partial charge in [0.2, 0.25) is 6.34 Å². The molecule has 0 amide bonds. The second-order valence-electron chi connectivity index (χ2n) is 7.66. The van der Waals surface area contributed by atoms with E-state index in [0.717, 1.165) is 34.3 Å². The van der Waals surface area contributed by atoms with Crippen LogP contribution in [0.5, 0.6) is 5.75 Å². The van der Waals surface area contributed by atoms with Crippen LogP contribution in [0, 0.1) is 0 Å². The third kappa shape index (κ3) is 3.83. The number of rotatable bonds is 6. The molecule has 1 fully saturated rings. The average Bonchev–Trinajstić information content (AvgIpc) is 3.13. The summed E-state index contributed by atoms with van der Waals surface area (Å²) in [7, 11) is 0. The predicted molar refractivity (Wildman–Crippen MR) is 118 cm³/mol. The molecule has 1 saturated carbocycles. The highest BCUT2D eigenvalue weighted by molar-refractivity contribution is 9.10. The summed E-state index contributed by atoms with van der Waals surface area (Å²) in [4.78, 5) is 8.52. The molecule has 1 unspecified atom stereocenters. The number of ether oxygens (including phenoxy) is 1. The number of nitrogens with one attached hydrogen (secondary N) is 1. The molecule has 3 aliphatic rings. The third-order valence-electron chi connectivity index (χ3n) is 5.64. The molecule has 0 aromatic heterocycles. The van der Waals surface area contributed by atoms with Crippen LogP contribution >= 0.6 is 15.9 Å². The van der Waals surface area contributed by atoms with Gasteiger partial charge in [0, 0.05) is 4.47 Å². The lowest BCUT2D eigenvalue weighted by molar-refractivity contribution is -0.788. The fraction of sp³-hybridized carbons (Fsp3) is 0.217. The highest BCUT2D eigenvalue weighted by Crippen LogP contribution is 2.39. The maximum atomic E-state index is 6.02. The highest BCUT2D eigenvalue weighted by atomic mass is 79.9. The van der Waals surface area contributed by atoms with E-state index in [1.54, 1.807) is 0 Å². The van der Waals surface area contributed by atoms with Crippen molar-refractivity contribution in [2.75, 3.05) is 0 Å². The molecular weight excluding hydrogens is 428 g/mol. The Morgan fingerprint density at radius 1 is 1.10 bits per heavy atom. The summed E-state index contributed by atoms with van der Waals surface area (Å²) < 4.78 is 7.56. The zero-order valence-electron chi connectivity index (χ0n) is 15.9. The summed E-state index contributed by atoms with van der Waals surface area (Å²) >= 11 is 3.51. The van der Waals surface area contributed by atoms with Gasteiger partial charge in [-0.3, -0.25) is 4.99 Å². The summed E-state index contributed by atoms with van der Waals surface area (Å²) in [6.45, 7) is 0.570. The van der Waals surface area contributed by atoms with E-state index < -0.39 is 0 Å². The van der Waals surface area contributed by atoms with Crippen molar-refractivity contribution in [3.8, 4) is 5.75 Å². The molecule has 2 aliphatic heterocycles. The van der Waals surface area contributed by atoms with Crippen molar-refractivity contribution in [1.29, 1.82) is 0 Å². The number of allylic oxidation sites excluding steroid dienone is 1. The second-order valence-corrected chi connectivity index (χ2v) is 8.57. The quantitative estimate of drug-likeness (QED) is 0.628. The van der Waals surface area contributed by atoms with Crippen LogP contribution in [0.15, 0.2) is 87.3 Å². The fourth-order valence-electron chi connectivity index (χ4n) is 3.99. The fourth-order valence-corrected chi connectivity index (χ4v) is 4.44. The van der Waals surface area contributed by atoms with Crippen LogP contribution in [-0.2, 0) is 6.61 Å². The van der Waals surface area contributed by atoms with Crippen LogP contribution in [0.4, 0.5) is 0 Å². The molecule has 0 saturated heterocycles. The normalized spacial score (nSPS) is 26.7. The Hall–Kier alpha value is -2.54. The van der Waals surface area contributed by atoms with Gasteiger partial charge in [-0.25, -0.2) is 4.99 Å². The van der Waals surface area contributed by atoms with Gasteiger partial charge in [0.05, 0.1) is 24.7 Å². The van der Waals surface area contributed by atoms with Crippen LogP contribution in [0.3, 0.4) is 0 Å². The molecule has 29 heavy (non-hydrogen) atoms. The first-order chi connectivity index (χ1) is 14.2. The van der Waals surface area contributed by atoms with Crippen molar-refractivity contribution in [2.45, 2.75) is 31.4 Å². The van der Waals surface area contributed by atoms with E-state index in [0.29, 0.717) is 23.2 Å². The van der Waals surface area contributed by atoms with E-state index in [1.165, 1.54) is 5.56 Å². The summed E-state index contributed by atoms with van der Waals surface area (Å²) in [6.07, 6.45) is 11.7. The van der Waals surface area contributed by atoms with E-state index in [1.807, 2.05) is 49.4 Å². The van der Waals surface area contributed by atoms with Crippen molar-refractivity contribution >= 4 is 28.5 Å². The number of benzene rings is 2. The molecule has 1 aliphatic carbocycles. The van der Waals surface area contributed by atoms with Crippen molar-refractivity contribution in [1.82, 2.24) is 5.43 Å².